The predicted molar refractivity (Wildman–Crippen MR) is 85.1 cm³/mol. The van der Waals surface area contributed by atoms with Crippen LogP contribution in [0.15, 0.2) is 12.1 Å². The number of nitrogens with one attached hydrogen (secondary N) is 1. The Bertz CT molecular complexity index is 450. The third-order valence-corrected chi connectivity index (χ3v) is 4.28. The molecule has 0 aliphatic carbocycles. The van der Waals surface area contributed by atoms with E-state index in [4.69, 9.17) is 27.9 Å². The van der Waals surface area contributed by atoms with E-state index >= 15 is 0 Å². The number of halogens is 2. The molecule has 0 spiro atoms. The van der Waals surface area contributed by atoms with Gasteiger partial charge in [0.2, 0.25) is 0 Å². The van der Waals surface area contributed by atoms with E-state index in [0.29, 0.717) is 16.7 Å². The van der Waals surface area contributed by atoms with Crippen molar-refractivity contribution in [1.29, 1.82) is 0 Å². The number of likely N-dealkylation sites (N-methyl/N-ethyl adjacent to an activating group) is 1. The molecule has 0 bridgehead atoms. The van der Waals surface area contributed by atoms with Gasteiger partial charge in [-0.3, -0.25) is 0 Å². The molecular formula is C15H22Cl2N2O. The zero-order valence-electron chi connectivity index (χ0n) is 12.1. The second-order valence-corrected chi connectivity index (χ2v) is 5.82. The lowest BCUT2D eigenvalue weighted by molar-refractivity contribution is 0.243. The average molecular weight is 317 g/mol. The molecule has 0 saturated carbocycles. The Kier molecular flexibility index (Phi) is 5.97. The van der Waals surface area contributed by atoms with E-state index in [0.717, 1.165) is 43.9 Å². The lowest BCUT2D eigenvalue weighted by atomic mass is 10.0. The first kappa shape index (κ1) is 15.9. The molecule has 20 heavy (non-hydrogen) atoms. The third kappa shape index (κ3) is 3.79. The molecule has 0 fully saturated rings. The Morgan fingerprint density at radius 1 is 1.30 bits per heavy atom. The standard InChI is InChI=1S/C15H22Cl2N2O/c1-3-19(4-2)7-6-18-14-5-8-20-15-12(14)9-11(16)10-13(15)17/h9-10,14,18H,3-8H2,1-2H3. The van der Waals surface area contributed by atoms with E-state index < -0.39 is 0 Å². The van der Waals surface area contributed by atoms with Crippen LogP contribution in [-0.2, 0) is 0 Å². The Labute approximate surface area is 131 Å². The molecule has 1 heterocycles. The molecule has 1 unspecified atom stereocenters. The minimum absolute atomic E-state index is 0.269. The van der Waals surface area contributed by atoms with Gasteiger partial charge in [-0.25, -0.2) is 0 Å². The molecule has 2 rings (SSSR count). The van der Waals surface area contributed by atoms with Crippen LogP contribution in [0.4, 0.5) is 0 Å². The van der Waals surface area contributed by atoms with Crippen molar-refractivity contribution in [3.05, 3.63) is 27.7 Å². The molecule has 0 saturated heterocycles. The van der Waals surface area contributed by atoms with Crippen LogP contribution in [0.5, 0.6) is 5.75 Å². The van der Waals surface area contributed by atoms with Gasteiger partial charge in [0.15, 0.2) is 0 Å². The minimum Gasteiger partial charge on any atom is -0.492 e. The van der Waals surface area contributed by atoms with Gasteiger partial charge in [0.05, 0.1) is 11.6 Å². The van der Waals surface area contributed by atoms with E-state index in [1.54, 1.807) is 6.07 Å². The summed E-state index contributed by atoms with van der Waals surface area (Å²) in [5, 5.41) is 4.85. The molecule has 1 aromatic rings. The maximum atomic E-state index is 6.20. The van der Waals surface area contributed by atoms with Gasteiger partial charge in [-0.15, -0.1) is 0 Å². The van der Waals surface area contributed by atoms with E-state index in [1.165, 1.54) is 0 Å². The van der Waals surface area contributed by atoms with Crippen molar-refractivity contribution in [3.8, 4) is 5.75 Å². The summed E-state index contributed by atoms with van der Waals surface area (Å²) >= 11 is 12.3. The summed E-state index contributed by atoms with van der Waals surface area (Å²) in [5.41, 5.74) is 1.08. The van der Waals surface area contributed by atoms with Crippen molar-refractivity contribution in [1.82, 2.24) is 10.2 Å². The van der Waals surface area contributed by atoms with Gasteiger partial charge in [-0.05, 0) is 25.2 Å². The molecule has 0 amide bonds. The number of nitrogens with zero attached hydrogens (tertiary/aromatic N) is 1. The Hall–Kier alpha value is -0.480. The highest BCUT2D eigenvalue weighted by Crippen LogP contribution is 2.39. The van der Waals surface area contributed by atoms with Crippen LogP contribution in [0, 0.1) is 0 Å². The Morgan fingerprint density at radius 2 is 2.05 bits per heavy atom. The van der Waals surface area contributed by atoms with Crippen molar-refractivity contribution in [2.75, 3.05) is 32.8 Å². The summed E-state index contributed by atoms with van der Waals surface area (Å²) in [6.07, 6.45) is 0.946. The number of hydrogen-bond donors (Lipinski definition) is 1. The number of hydrogen-bond acceptors (Lipinski definition) is 3. The molecule has 3 nitrogen and oxygen atoms in total. The molecule has 112 valence electrons. The van der Waals surface area contributed by atoms with Crippen LogP contribution in [0.2, 0.25) is 10.0 Å². The van der Waals surface area contributed by atoms with Gasteiger partial charge >= 0.3 is 0 Å². The SMILES string of the molecule is CCN(CC)CCNC1CCOc2c(Cl)cc(Cl)cc21. The van der Waals surface area contributed by atoms with E-state index in [2.05, 4.69) is 24.1 Å². The third-order valence-electron chi connectivity index (χ3n) is 3.78. The van der Waals surface area contributed by atoms with Crippen molar-refractivity contribution < 1.29 is 4.74 Å². The highest BCUT2D eigenvalue weighted by atomic mass is 35.5. The van der Waals surface area contributed by atoms with Gasteiger partial charge < -0.3 is 15.0 Å². The normalized spacial score (nSPS) is 17.9. The fourth-order valence-electron chi connectivity index (χ4n) is 2.57. The fourth-order valence-corrected chi connectivity index (χ4v) is 3.14. The van der Waals surface area contributed by atoms with Gasteiger partial charge in [0.25, 0.3) is 0 Å². The van der Waals surface area contributed by atoms with Crippen molar-refractivity contribution in [2.45, 2.75) is 26.3 Å². The summed E-state index contributed by atoms with van der Waals surface area (Å²) in [6.45, 7) is 9.24. The zero-order valence-corrected chi connectivity index (χ0v) is 13.6. The fraction of sp³-hybridized carbons (Fsp3) is 0.600. The molecule has 0 radical (unpaired) electrons. The van der Waals surface area contributed by atoms with Crippen molar-refractivity contribution in [3.63, 3.8) is 0 Å². The summed E-state index contributed by atoms with van der Waals surface area (Å²) in [4.78, 5) is 2.40. The monoisotopic (exact) mass is 316 g/mol. The van der Waals surface area contributed by atoms with Crippen LogP contribution in [0.3, 0.4) is 0 Å². The number of ether oxygens (including phenoxy) is 1. The summed E-state index contributed by atoms with van der Waals surface area (Å²) in [5.74, 6) is 0.780. The molecular weight excluding hydrogens is 295 g/mol. The molecule has 1 N–H and O–H groups in total. The van der Waals surface area contributed by atoms with Crippen molar-refractivity contribution in [2.24, 2.45) is 0 Å². The van der Waals surface area contributed by atoms with Gasteiger partial charge in [-0.1, -0.05) is 37.0 Å². The van der Waals surface area contributed by atoms with E-state index in [9.17, 15) is 0 Å². The van der Waals surface area contributed by atoms with Crippen molar-refractivity contribution >= 4 is 23.2 Å². The second kappa shape index (κ2) is 7.51. The molecule has 1 aromatic carbocycles. The van der Waals surface area contributed by atoms with Gasteiger partial charge in [0.1, 0.15) is 5.75 Å². The largest absolute Gasteiger partial charge is 0.492 e. The summed E-state index contributed by atoms with van der Waals surface area (Å²) < 4.78 is 5.67. The van der Waals surface area contributed by atoms with Gasteiger partial charge in [-0.2, -0.15) is 0 Å². The zero-order chi connectivity index (χ0) is 14.5. The summed E-state index contributed by atoms with van der Waals surface area (Å²) in [6, 6.07) is 3.96. The first-order chi connectivity index (χ1) is 9.65. The van der Waals surface area contributed by atoms with Crippen LogP contribution >= 0.6 is 23.2 Å². The first-order valence-electron chi connectivity index (χ1n) is 7.23. The molecule has 1 atom stereocenters. The highest BCUT2D eigenvalue weighted by molar-refractivity contribution is 6.35. The lowest BCUT2D eigenvalue weighted by Gasteiger charge is -2.28. The van der Waals surface area contributed by atoms with Crippen LogP contribution < -0.4 is 10.1 Å². The van der Waals surface area contributed by atoms with E-state index in [-0.39, 0.29) is 6.04 Å². The van der Waals surface area contributed by atoms with Gasteiger partial charge in [0, 0.05) is 36.1 Å². The average Bonchev–Trinajstić information content (AvgIpc) is 2.44. The lowest BCUT2D eigenvalue weighted by Crippen LogP contribution is -2.35. The van der Waals surface area contributed by atoms with Crippen LogP contribution in [0.25, 0.3) is 0 Å². The highest BCUT2D eigenvalue weighted by Gasteiger charge is 2.23. The molecule has 0 aromatic heterocycles. The molecule has 1 aliphatic rings. The molecule has 5 heteroatoms. The number of rotatable bonds is 6. The second-order valence-electron chi connectivity index (χ2n) is 4.98. The van der Waals surface area contributed by atoms with Crippen LogP contribution in [0.1, 0.15) is 31.9 Å². The quantitative estimate of drug-likeness (QED) is 0.865. The predicted octanol–water partition coefficient (Wildman–Crippen LogP) is 3.75. The van der Waals surface area contributed by atoms with Crippen LogP contribution in [-0.4, -0.2) is 37.7 Å². The maximum absolute atomic E-state index is 6.20. The maximum Gasteiger partial charge on any atom is 0.142 e. The number of fused-ring (bicyclic) bond motifs is 1. The smallest absolute Gasteiger partial charge is 0.142 e. The Balaban J connectivity index is 2.01. The first-order valence-corrected chi connectivity index (χ1v) is 7.98. The summed E-state index contributed by atoms with van der Waals surface area (Å²) in [7, 11) is 0. The minimum atomic E-state index is 0.269. The Morgan fingerprint density at radius 3 is 2.75 bits per heavy atom. The van der Waals surface area contributed by atoms with E-state index in [1.807, 2.05) is 6.07 Å². The molecule has 1 aliphatic heterocycles. The topological polar surface area (TPSA) is 24.5 Å². The number of benzene rings is 1.